The van der Waals surface area contributed by atoms with Crippen LogP contribution in [0.3, 0.4) is 0 Å². The second-order valence-corrected chi connectivity index (χ2v) is 6.66. The van der Waals surface area contributed by atoms with Gasteiger partial charge in [-0.05, 0) is 12.1 Å². The minimum atomic E-state index is -4.13. The molecule has 1 aromatic carbocycles. The van der Waals surface area contributed by atoms with Crippen molar-refractivity contribution in [1.82, 2.24) is 9.78 Å². The summed E-state index contributed by atoms with van der Waals surface area (Å²) in [6, 6.07) is 5.68. The monoisotopic (exact) mass is 338 g/mol. The molecule has 20 heavy (non-hydrogen) atoms. The number of para-hydroxylation sites is 1. The molecule has 0 radical (unpaired) electrons. The molecule has 1 aromatic heterocycles. The highest BCUT2D eigenvalue weighted by Crippen LogP contribution is 2.31. The first kappa shape index (κ1) is 15.2. The van der Waals surface area contributed by atoms with Gasteiger partial charge in [0, 0.05) is 17.8 Å². The van der Waals surface area contributed by atoms with Crippen LogP contribution in [0.25, 0.3) is 5.69 Å². The van der Waals surface area contributed by atoms with Gasteiger partial charge in [0.1, 0.15) is 22.1 Å². The van der Waals surface area contributed by atoms with E-state index in [2.05, 4.69) is 5.10 Å². The number of ether oxygens (including phenoxy) is 1. The molecule has 0 atom stereocenters. The van der Waals surface area contributed by atoms with Gasteiger partial charge in [-0.1, -0.05) is 23.7 Å². The fourth-order valence-corrected chi connectivity index (χ4v) is 3.50. The Morgan fingerprint density at radius 2 is 2.05 bits per heavy atom. The summed E-state index contributed by atoms with van der Waals surface area (Å²) in [7, 11) is 2.56. The molecule has 9 heteroatoms. The number of benzene rings is 1. The Kier molecular flexibility index (Phi) is 4.33. The Morgan fingerprint density at radius 1 is 1.40 bits per heavy atom. The smallest absolute Gasteiger partial charge is 0.266 e. The fourth-order valence-electron chi connectivity index (χ4n) is 1.68. The number of methoxy groups -OCH3 is 1. The van der Waals surface area contributed by atoms with Crippen molar-refractivity contribution in [2.45, 2.75) is 11.5 Å². The third kappa shape index (κ3) is 2.80. The molecule has 0 aliphatic carbocycles. The largest absolute Gasteiger partial charge is 0.378 e. The summed E-state index contributed by atoms with van der Waals surface area (Å²) in [5.74, 6) is -0.598. The molecule has 0 aliphatic heterocycles. The van der Waals surface area contributed by atoms with Crippen molar-refractivity contribution in [3.63, 3.8) is 0 Å². The lowest BCUT2D eigenvalue weighted by Crippen LogP contribution is -2.00. The first-order valence-corrected chi connectivity index (χ1v) is 8.01. The molecule has 2 rings (SSSR count). The Morgan fingerprint density at radius 3 is 2.60 bits per heavy atom. The first-order chi connectivity index (χ1) is 9.36. The van der Waals surface area contributed by atoms with Gasteiger partial charge in [-0.2, -0.15) is 5.10 Å². The predicted molar refractivity (Wildman–Crippen MR) is 72.3 cm³/mol. The molecule has 2 aromatic rings. The van der Waals surface area contributed by atoms with Gasteiger partial charge in [0.2, 0.25) is 0 Å². The van der Waals surface area contributed by atoms with Crippen LogP contribution in [0.4, 0.5) is 4.39 Å². The van der Waals surface area contributed by atoms with Crippen molar-refractivity contribution in [2.24, 2.45) is 0 Å². The molecule has 108 valence electrons. The maximum absolute atomic E-state index is 13.7. The van der Waals surface area contributed by atoms with Crippen molar-refractivity contribution in [3.05, 3.63) is 40.9 Å². The van der Waals surface area contributed by atoms with E-state index in [0.717, 1.165) is 4.68 Å². The van der Waals surface area contributed by atoms with Gasteiger partial charge < -0.3 is 4.74 Å². The molecule has 0 N–H and O–H groups in total. The number of nitrogens with zero attached hydrogens (tertiary/aromatic N) is 2. The van der Waals surface area contributed by atoms with Gasteiger partial charge in [-0.3, -0.25) is 0 Å². The van der Waals surface area contributed by atoms with Crippen molar-refractivity contribution >= 4 is 31.3 Å². The predicted octanol–water partition coefficient (Wildman–Crippen LogP) is 2.74. The molecule has 5 nitrogen and oxygen atoms in total. The lowest BCUT2D eigenvalue weighted by molar-refractivity contribution is 0.179. The number of halogens is 3. The third-order valence-corrected chi connectivity index (χ3v) is 4.30. The van der Waals surface area contributed by atoms with E-state index in [9.17, 15) is 12.8 Å². The molecule has 0 bridgehead atoms. The highest BCUT2D eigenvalue weighted by atomic mass is 35.7. The molecular weight excluding hydrogens is 330 g/mol. The normalized spacial score (nSPS) is 11.8. The number of aromatic nitrogens is 2. The van der Waals surface area contributed by atoms with Gasteiger partial charge in [-0.25, -0.2) is 17.5 Å². The lowest BCUT2D eigenvalue weighted by atomic mass is 10.3. The summed E-state index contributed by atoms with van der Waals surface area (Å²) in [6.45, 7) is -0.123. The van der Waals surface area contributed by atoms with E-state index in [0.29, 0.717) is 0 Å². The van der Waals surface area contributed by atoms with Crippen LogP contribution in [0, 0.1) is 5.82 Å². The molecular formula is C11H9Cl2FN2O3S. The van der Waals surface area contributed by atoms with Crippen molar-refractivity contribution < 1.29 is 17.5 Å². The van der Waals surface area contributed by atoms with Crippen LogP contribution in [-0.2, 0) is 20.4 Å². The van der Waals surface area contributed by atoms with Crippen LogP contribution in [0.2, 0.25) is 5.15 Å². The molecule has 0 saturated heterocycles. The minimum absolute atomic E-state index is 0.00996. The van der Waals surface area contributed by atoms with Crippen LogP contribution in [-0.4, -0.2) is 25.3 Å². The van der Waals surface area contributed by atoms with Gasteiger partial charge in [-0.15, -0.1) is 0 Å². The molecule has 0 saturated carbocycles. The zero-order valence-electron chi connectivity index (χ0n) is 10.2. The average Bonchev–Trinajstić information content (AvgIpc) is 2.67. The van der Waals surface area contributed by atoms with Crippen LogP contribution in [0.15, 0.2) is 29.2 Å². The Balaban J connectivity index is 2.72. The molecule has 0 fully saturated rings. The van der Waals surface area contributed by atoms with Gasteiger partial charge in [0.25, 0.3) is 9.05 Å². The fraction of sp³-hybridized carbons (Fsp3) is 0.182. The summed E-state index contributed by atoms with van der Waals surface area (Å²) < 4.78 is 42.7. The minimum Gasteiger partial charge on any atom is -0.378 e. The standard InChI is InChI=1S/C11H9Cl2FN2O3S/c1-19-6-8-10(20(13,17)18)11(12)16(15-8)9-5-3-2-4-7(9)14/h2-5H,6H2,1H3. The Hall–Kier alpha value is -1.15. The average molecular weight is 339 g/mol. The van der Waals surface area contributed by atoms with Crippen LogP contribution >= 0.6 is 22.3 Å². The maximum Gasteiger partial charge on any atom is 0.266 e. The Labute approximate surface area is 124 Å². The van der Waals surface area contributed by atoms with Crippen molar-refractivity contribution in [2.75, 3.05) is 7.11 Å². The number of hydrogen-bond acceptors (Lipinski definition) is 4. The summed E-state index contributed by atoms with van der Waals surface area (Å²) in [4.78, 5) is -0.383. The van der Waals surface area contributed by atoms with Crippen molar-refractivity contribution in [3.8, 4) is 5.69 Å². The zero-order valence-corrected chi connectivity index (χ0v) is 12.5. The third-order valence-electron chi connectivity index (χ3n) is 2.46. The van der Waals surface area contributed by atoms with E-state index in [1.54, 1.807) is 6.07 Å². The van der Waals surface area contributed by atoms with E-state index in [1.807, 2.05) is 0 Å². The van der Waals surface area contributed by atoms with E-state index in [-0.39, 0.29) is 28.0 Å². The lowest BCUT2D eigenvalue weighted by Gasteiger charge is -2.03. The zero-order chi connectivity index (χ0) is 14.9. The van der Waals surface area contributed by atoms with E-state index in [1.165, 1.54) is 25.3 Å². The van der Waals surface area contributed by atoms with E-state index < -0.39 is 14.9 Å². The van der Waals surface area contributed by atoms with Gasteiger partial charge in [0.15, 0.2) is 5.15 Å². The summed E-state index contributed by atoms with van der Waals surface area (Å²) in [5.41, 5.74) is 0.0252. The molecule has 0 spiro atoms. The topological polar surface area (TPSA) is 61.2 Å². The van der Waals surface area contributed by atoms with E-state index in [4.69, 9.17) is 27.0 Å². The molecule has 0 unspecified atom stereocenters. The molecule has 1 heterocycles. The van der Waals surface area contributed by atoms with Crippen LogP contribution in [0.1, 0.15) is 5.69 Å². The van der Waals surface area contributed by atoms with E-state index >= 15 is 0 Å². The van der Waals surface area contributed by atoms with Gasteiger partial charge >= 0.3 is 0 Å². The second-order valence-electron chi connectivity index (χ2n) is 3.80. The Bertz CT molecular complexity index is 746. The van der Waals surface area contributed by atoms with Crippen LogP contribution in [0.5, 0.6) is 0 Å². The van der Waals surface area contributed by atoms with Crippen LogP contribution < -0.4 is 0 Å². The highest BCUT2D eigenvalue weighted by Gasteiger charge is 2.27. The number of hydrogen-bond donors (Lipinski definition) is 0. The summed E-state index contributed by atoms with van der Waals surface area (Å²) in [6.07, 6.45) is 0. The second kappa shape index (κ2) is 5.69. The SMILES string of the molecule is COCc1nn(-c2ccccc2F)c(Cl)c1S(=O)(=O)Cl. The maximum atomic E-state index is 13.7. The summed E-state index contributed by atoms with van der Waals surface area (Å²) in [5, 5.41) is 3.66. The summed E-state index contributed by atoms with van der Waals surface area (Å²) >= 11 is 5.97. The number of rotatable bonds is 4. The van der Waals surface area contributed by atoms with Gasteiger partial charge in [0.05, 0.1) is 6.61 Å². The van der Waals surface area contributed by atoms with Crippen molar-refractivity contribution in [1.29, 1.82) is 0 Å². The quantitative estimate of drug-likeness (QED) is 0.804. The first-order valence-electron chi connectivity index (χ1n) is 5.32. The highest BCUT2D eigenvalue weighted by molar-refractivity contribution is 8.13. The molecule has 0 amide bonds. The molecule has 0 aliphatic rings.